The Balaban J connectivity index is 1.50. The van der Waals surface area contributed by atoms with Crippen molar-refractivity contribution in [2.45, 2.75) is 97.4 Å². The second-order valence-corrected chi connectivity index (χ2v) is 13.0. The van der Waals surface area contributed by atoms with E-state index in [1.807, 2.05) is 0 Å². The quantitative estimate of drug-likeness (QED) is 0.349. The van der Waals surface area contributed by atoms with Crippen LogP contribution >= 0.6 is 0 Å². The SMILES string of the molecule is CC[C@H]1[C@@H](OCOC)C2C3C[C@@H]4OC(=O)C[C@@H](C)[C@@H]4[C@@]3(C)CCC2[C@@]2(C)CC[C@@H](OCOC)C[C@@H]12. The molecule has 4 aliphatic carbocycles. The highest BCUT2D eigenvalue weighted by molar-refractivity contribution is 5.71. The van der Waals surface area contributed by atoms with Crippen LogP contribution in [0.5, 0.6) is 0 Å². The van der Waals surface area contributed by atoms with Gasteiger partial charge in [-0.1, -0.05) is 34.1 Å². The standard InChI is InChI=1S/C29H48O6/c1-7-19-21-13-18(33-15-31-5)8-10-28(21,3)20-9-11-29(4)22(25(20)27(19)34-16-32-6)14-23-26(29)17(2)12-24(30)35-23/h17-23,25-27H,7-16H2,1-6H3/t17-,18-,19-,20?,21+,22?,23+,25?,26+,27-,28-,29+/m1/s1. The Labute approximate surface area is 212 Å². The largest absolute Gasteiger partial charge is 0.462 e. The van der Waals surface area contributed by atoms with E-state index in [0.29, 0.717) is 66.8 Å². The maximum absolute atomic E-state index is 12.4. The predicted octanol–water partition coefficient (Wildman–Crippen LogP) is 5.43. The summed E-state index contributed by atoms with van der Waals surface area (Å²) in [5.74, 6) is 3.58. The minimum Gasteiger partial charge on any atom is -0.462 e. The maximum Gasteiger partial charge on any atom is 0.306 e. The molecule has 1 saturated heterocycles. The fraction of sp³-hybridized carbons (Fsp3) is 0.966. The smallest absolute Gasteiger partial charge is 0.306 e. The summed E-state index contributed by atoms with van der Waals surface area (Å²) in [5, 5.41) is 0. The molecular formula is C29H48O6. The second-order valence-electron chi connectivity index (χ2n) is 13.0. The minimum atomic E-state index is 0.00113. The topological polar surface area (TPSA) is 63.2 Å². The summed E-state index contributed by atoms with van der Waals surface area (Å²) >= 11 is 0. The van der Waals surface area contributed by atoms with E-state index in [1.165, 1.54) is 19.3 Å². The van der Waals surface area contributed by atoms with Crippen molar-refractivity contribution in [1.82, 2.24) is 0 Å². The Hall–Kier alpha value is -0.690. The number of fused-ring (bicyclic) bond motifs is 7. The number of ether oxygens (including phenoxy) is 5. The second kappa shape index (κ2) is 9.89. The lowest BCUT2D eigenvalue weighted by Gasteiger charge is -2.65. The van der Waals surface area contributed by atoms with E-state index in [1.54, 1.807) is 14.2 Å². The van der Waals surface area contributed by atoms with Crippen molar-refractivity contribution in [3.63, 3.8) is 0 Å². The molecular weight excluding hydrogens is 444 g/mol. The van der Waals surface area contributed by atoms with Crippen LogP contribution in [0.4, 0.5) is 0 Å². The van der Waals surface area contributed by atoms with Crippen molar-refractivity contribution in [3.8, 4) is 0 Å². The molecule has 0 N–H and O–H groups in total. The number of esters is 1. The lowest BCUT2D eigenvalue weighted by molar-refractivity contribution is -0.239. The van der Waals surface area contributed by atoms with Gasteiger partial charge in [0.25, 0.3) is 0 Å². The van der Waals surface area contributed by atoms with Gasteiger partial charge in [-0.3, -0.25) is 4.79 Å². The lowest BCUT2D eigenvalue weighted by atomic mass is 9.41. The first-order valence-electron chi connectivity index (χ1n) is 14.2. The highest BCUT2D eigenvalue weighted by Gasteiger charge is 2.68. The molecule has 0 amide bonds. The predicted molar refractivity (Wildman–Crippen MR) is 132 cm³/mol. The summed E-state index contributed by atoms with van der Waals surface area (Å²) in [4.78, 5) is 12.4. The molecule has 200 valence electrons. The third-order valence-corrected chi connectivity index (χ3v) is 11.6. The van der Waals surface area contributed by atoms with E-state index in [2.05, 4.69) is 27.7 Å². The molecule has 0 spiro atoms. The van der Waals surface area contributed by atoms with E-state index in [4.69, 9.17) is 23.7 Å². The number of hydrogen-bond donors (Lipinski definition) is 0. The van der Waals surface area contributed by atoms with Crippen molar-refractivity contribution in [1.29, 1.82) is 0 Å². The van der Waals surface area contributed by atoms with Crippen molar-refractivity contribution < 1.29 is 28.5 Å². The van der Waals surface area contributed by atoms with E-state index in [9.17, 15) is 4.79 Å². The number of hydrogen-bond acceptors (Lipinski definition) is 6. The number of carbonyl (C=O) groups excluding carboxylic acids is 1. The first-order chi connectivity index (χ1) is 16.8. The normalized spacial score (nSPS) is 51.1. The Morgan fingerprint density at radius 3 is 2.37 bits per heavy atom. The van der Waals surface area contributed by atoms with Crippen LogP contribution in [0, 0.1) is 52.3 Å². The van der Waals surface area contributed by atoms with Gasteiger partial charge >= 0.3 is 5.97 Å². The van der Waals surface area contributed by atoms with Gasteiger partial charge in [0.2, 0.25) is 0 Å². The molecule has 6 heteroatoms. The van der Waals surface area contributed by atoms with Crippen LogP contribution in [0.25, 0.3) is 0 Å². The van der Waals surface area contributed by atoms with Crippen molar-refractivity contribution in [3.05, 3.63) is 0 Å². The van der Waals surface area contributed by atoms with Crippen molar-refractivity contribution >= 4 is 5.97 Å². The molecule has 0 aromatic heterocycles. The van der Waals surface area contributed by atoms with Crippen molar-refractivity contribution in [2.75, 3.05) is 27.8 Å². The molecule has 3 unspecified atom stereocenters. The average Bonchev–Trinajstić information content (AvgIpc) is 3.13. The molecule has 1 heterocycles. The maximum atomic E-state index is 12.4. The number of carbonyl (C=O) groups is 1. The zero-order chi connectivity index (χ0) is 25.0. The van der Waals surface area contributed by atoms with Gasteiger partial charge in [0.1, 0.15) is 19.7 Å². The Bertz CT molecular complexity index is 772. The highest BCUT2D eigenvalue weighted by Crippen LogP contribution is 2.70. The Morgan fingerprint density at radius 1 is 0.943 bits per heavy atom. The molecule has 5 fully saturated rings. The van der Waals surface area contributed by atoms with Gasteiger partial charge in [0.05, 0.1) is 12.2 Å². The summed E-state index contributed by atoms with van der Waals surface area (Å²) in [6, 6.07) is 0. The zero-order valence-corrected chi connectivity index (χ0v) is 22.8. The van der Waals surface area contributed by atoms with Crippen LogP contribution in [0.15, 0.2) is 0 Å². The van der Waals surface area contributed by atoms with E-state index < -0.39 is 0 Å². The van der Waals surface area contributed by atoms with Crippen LogP contribution in [0.1, 0.15) is 79.1 Å². The highest BCUT2D eigenvalue weighted by atomic mass is 16.7. The third-order valence-electron chi connectivity index (χ3n) is 11.6. The summed E-state index contributed by atoms with van der Waals surface area (Å²) in [6.45, 7) is 10.5. The van der Waals surface area contributed by atoms with E-state index >= 15 is 0 Å². The molecule has 5 aliphatic rings. The summed E-state index contributed by atoms with van der Waals surface area (Å²) in [6.07, 6.45) is 9.11. The van der Waals surface area contributed by atoms with Crippen LogP contribution in [0.3, 0.4) is 0 Å². The molecule has 4 saturated carbocycles. The molecule has 0 aromatic carbocycles. The molecule has 0 bridgehead atoms. The van der Waals surface area contributed by atoms with Crippen LogP contribution in [-0.2, 0) is 28.5 Å². The van der Waals surface area contributed by atoms with Crippen LogP contribution in [-0.4, -0.2) is 52.1 Å². The molecule has 12 atom stereocenters. The first kappa shape index (κ1) is 25.9. The first-order valence-corrected chi connectivity index (χ1v) is 14.2. The minimum absolute atomic E-state index is 0.00113. The summed E-state index contributed by atoms with van der Waals surface area (Å²) in [5.41, 5.74) is 0.503. The Kier molecular flexibility index (Phi) is 7.33. The van der Waals surface area contributed by atoms with Gasteiger partial charge < -0.3 is 23.7 Å². The van der Waals surface area contributed by atoms with Crippen LogP contribution in [0.2, 0.25) is 0 Å². The van der Waals surface area contributed by atoms with E-state index in [0.717, 1.165) is 25.7 Å². The Morgan fingerprint density at radius 2 is 1.66 bits per heavy atom. The van der Waals surface area contributed by atoms with Gasteiger partial charge in [0.15, 0.2) is 0 Å². The van der Waals surface area contributed by atoms with E-state index in [-0.39, 0.29) is 29.7 Å². The molecule has 6 nitrogen and oxygen atoms in total. The molecule has 5 rings (SSSR count). The zero-order valence-electron chi connectivity index (χ0n) is 22.8. The molecule has 1 aliphatic heterocycles. The van der Waals surface area contributed by atoms with Gasteiger partial charge in [-0.15, -0.1) is 0 Å². The fourth-order valence-electron chi connectivity index (χ4n) is 10.4. The monoisotopic (exact) mass is 492 g/mol. The van der Waals surface area contributed by atoms with Gasteiger partial charge in [0, 0.05) is 26.6 Å². The molecule has 0 radical (unpaired) electrons. The number of methoxy groups -OCH3 is 2. The lowest BCUT2D eigenvalue weighted by Crippen LogP contribution is -2.63. The summed E-state index contributed by atoms with van der Waals surface area (Å²) in [7, 11) is 3.44. The molecule has 0 aromatic rings. The van der Waals surface area contributed by atoms with Crippen LogP contribution < -0.4 is 0 Å². The summed E-state index contributed by atoms with van der Waals surface area (Å²) < 4.78 is 29.5. The van der Waals surface area contributed by atoms with Gasteiger partial charge in [-0.25, -0.2) is 0 Å². The van der Waals surface area contributed by atoms with Crippen molar-refractivity contribution in [2.24, 2.45) is 52.3 Å². The van der Waals surface area contributed by atoms with Gasteiger partial charge in [-0.2, -0.15) is 0 Å². The number of rotatable bonds is 7. The molecule has 35 heavy (non-hydrogen) atoms. The average molecular weight is 493 g/mol. The third kappa shape index (κ3) is 4.09. The fourth-order valence-corrected chi connectivity index (χ4v) is 10.4. The van der Waals surface area contributed by atoms with Gasteiger partial charge in [-0.05, 0) is 84.9 Å².